The minimum Gasteiger partial charge on any atom is -0.293 e. The van der Waals surface area contributed by atoms with Crippen LogP contribution in [0.3, 0.4) is 0 Å². The van der Waals surface area contributed by atoms with Crippen LogP contribution in [0, 0.1) is 0 Å². The first-order valence-electron chi connectivity index (χ1n) is 7.96. The van der Waals surface area contributed by atoms with Crippen LogP contribution in [0.2, 0.25) is 0 Å². The Bertz CT molecular complexity index is 880. The maximum atomic E-state index is 12.8. The summed E-state index contributed by atoms with van der Waals surface area (Å²) in [7, 11) is -3.60. The third kappa shape index (κ3) is 4.26. The van der Waals surface area contributed by atoms with Gasteiger partial charge in [-0.15, -0.1) is 0 Å². The molecular formula is C17H18BrN3O3S. The van der Waals surface area contributed by atoms with Gasteiger partial charge < -0.3 is 0 Å². The normalized spacial score (nSPS) is 14.3. The molecule has 1 saturated carbocycles. The first kappa shape index (κ1) is 18.0. The molecule has 0 bridgehead atoms. The van der Waals surface area contributed by atoms with E-state index in [2.05, 4.69) is 25.6 Å². The summed E-state index contributed by atoms with van der Waals surface area (Å²) in [5.74, 6) is 0.223. The van der Waals surface area contributed by atoms with Crippen molar-refractivity contribution in [3.63, 3.8) is 0 Å². The molecule has 1 heterocycles. The molecule has 1 amide bonds. The molecule has 1 aromatic carbocycles. The van der Waals surface area contributed by atoms with Crippen LogP contribution < -0.4 is 9.62 Å². The van der Waals surface area contributed by atoms with Crippen molar-refractivity contribution < 1.29 is 13.2 Å². The summed E-state index contributed by atoms with van der Waals surface area (Å²) < 4.78 is 28.1. The van der Waals surface area contributed by atoms with Gasteiger partial charge in [-0.2, -0.15) is 0 Å². The molecule has 6 nitrogen and oxygen atoms in total. The lowest BCUT2D eigenvalue weighted by atomic mass is 10.2. The zero-order valence-electron chi connectivity index (χ0n) is 13.6. The van der Waals surface area contributed by atoms with Gasteiger partial charge in [0.15, 0.2) is 0 Å². The quantitative estimate of drug-likeness (QED) is 0.774. The number of nitrogens with zero attached hydrogens (tertiary/aromatic N) is 2. The molecule has 8 heteroatoms. The molecule has 2 aromatic rings. The van der Waals surface area contributed by atoms with Crippen LogP contribution in [0.25, 0.3) is 0 Å². The van der Waals surface area contributed by atoms with E-state index >= 15 is 0 Å². The Morgan fingerprint density at radius 2 is 2.08 bits per heavy atom. The van der Waals surface area contributed by atoms with E-state index in [0.717, 1.165) is 17.3 Å². The molecule has 1 aromatic heterocycles. The van der Waals surface area contributed by atoms with Gasteiger partial charge in [0.25, 0.3) is 5.91 Å². The number of aromatic nitrogens is 1. The Morgan fingerprint density at radius 3 is 2.68 bits per heavy atom. The molecule has 25 heavy (non-hydrogen) atoms. The SMILES string of the molecule is CCN(C(=O)c1cccc(S(=O)(=O)NC2CC2)c1)c1ccc(Br)cn1. The van der Waals surface area contributed by atoms with Gasteiger partial charge in [0.2, 0.25) is 10.0 Å². The molecule has 132 valence electrons. The van der Waals surface area contributed by atoms with Crippen molar-refractivity contribution in [3.05, 3.63) is 52.6 Å². The maximum absolute atomic E-state index is 12.8. The largest absolute Gasteiger partial charge is 0.293 e. The maximum Gasteiger partial charge on any atom is 0.259 e. The summed E-state index contributed by atoms with van der Waals surface area (Å²) in [5.41, 5.74) is 0.310. The van der Waals surface area contributed by atoms with Crippen molar-refractivity contribution in [2.75, 3.05) is 11.4 Å². The number of anilines is 1. The minimum atomic E-state index is -3.60. The van der Waals surface area contributed by atoms with Gasteiger partial charge in [0.1, 0.15) is 5.82 Å². The second-order valence-electron chi connectivity index (χ2n) is 5.81. The highest BCUT2D eigenvalue weighted by Gasteiger charge is 2.28. The van der Waals surface area contributed by atoms with E-state index in [9.17, 15) is 13.2 Å². The van der Waals surface area contributed by atoms with Crippen LogP contribution in [0.15, 0.2) is 52.0 Å². The highest BCUT2D eigenvalue weighted by atomic mass is 79.9. The number of halogens is 1. The monoisotopic (exact) mass is 423 g/mol. The molecule has 1 aliphatic carbocycles. The van der Waals surface area contributed by atoms with Crippen LogP contribution in [-0.4, -0.2) is 31.9 Å². The zero-order valence-corrected chi connectivity index (χ0v) is 16.0. The van der Waals surface area contributed by atoms with E-state index in [-0.39, 0.29) is 16.8 Å². The van der Waals surface area contributed by atoms with Gasteiger partial charge in [0.05, 0.1) is 4.90 Å². The molecule has 1 aliphatic rings. The topological polar surface area (TPSA) is 79.4 Å². The summed E-state index contributed by atoms with van der Waals surface area (Å²) in [6, 6.07) is 9.66. The molecule has 0 spiro atoms. The fourth-order valence-electron chi connectivity index (χ4n) is 2.38. The summed E-state index contributed by atoms with van der Waals surface area (Å²) >= 11 is 3.31. The Hall–Kier alpha value is -1.77. The lowest BCUT2D eigenvalue weighted by Gasteiger charge is -2.20. The molecule has 0 saturated heterocycles. The van der Waals surface area contributed by atoms with Crippen molar-refractivity contribution in [2.45, 2.75) is 30.7 Å². The van der Waals surface area contributed by atoms with E-state index in [0.29, 0.717) is 17.9 Å². The van der Waals surface area contributed by atoms with Crippen molar-refractivity contribution in [1.29, 1.82) is 0 Å². The van der Waals surface area contributed by atoms with E-state index in [4.69, 9.17) is 0 Å². The molecule has 1 N–H and O–H groups in total. The van der Waals surface area contributed by atoms with Crippen molar-refractivity contribution >= 4 is 37.7 Å². The predicted octanol–water partition coefficient (Wildman–Crippen LogP) is 2.95. The standard InChI is InChI=1S/C17H18BrN3O3S/c1-2-21(16-9-6-13(18)11-19-16)17(22)12-4-3-5-15(10-12)25(23,24)20-14-7-8-14/h3-6,9-11,14,20H,2,7-8H2,1H3. The molecule has 0 radical (unpaired) electrons. The average Bonchev–Trinajstić information content (AvgIpc) is 3.40. The number of pyridine rings is 1. The van der Waals surface area contributed by atoms with Crippen LogP contribution in [-0.2, 0) is 10.0 Å². The number of carbonyl (C=O) groups excluding carboxylic acids is 1. The van der Waals surface area contributed by atoms with Gasteiger partial charge in [0, 0.05) is 28.8 Å². The number of sulfonamides is 1. The third-order valence-electron chi connectivity index (χ3n) is 3.84. The van der Waals surface area contributed by atoms with E-state index < -0.39 is 10.0 Å². The predicted molar refractivity (Wildman–Crippen MR) is 99.1 cm³/mol. The van der Waals surface area contributed by atoms with Crippen LogP contribution >= 0.6 is 15.9 Å². The fraction of sp³-hybridized carbons (Fsp3) is 0.294. The lowest BCUT2D eigenvalue weighted by molar-refractivity contribution is 0.0987. The number of hydrogen-bond donors (Lipinski definition) is 1. The molecule has 3 rings (SSSR count). The van der Waals surface area contributed by atoms with E-state index in [1.165, 1.54) is 17.0 Å². The summed E-state index contributed by atoms with van der Waals surface area (Å²) in [6.07, 6.45) is 3.33. The smallest absolute Gasteiger partial charge is 0.259 e. The number of rotatable bonds is 6. The minimum absolute atomic E-state index is 0.0171. The van der Waals surface area contributed by atoms with E-state index in [1.807, 2.05) is 6.92 Å². The molecule has 0 aliphatic heterocycles. The van der Waals surface area contributed by atoms with Gasteiger partial charge in [-0.25, -0.2) is 18.1 Å². The number of nitrogens with one attached hydrogen (secondary N) is 1. The highest BCUT2D eigenvalue weighted by Crippen LogP contribution is 2.23. The van der Waals surface area contributed by atoms with Gasteiger partial charge in [-0.1, -0.05) is 6.07 Å². The van der Waals surface area contributed by atoms with Gasteiger partial charge >= 0.3 is 0 Å². The van der Waals surface area contributed by atoms with Gasteiger partial charge in [-0.05, 0) is 66.0 Å². The lowest BCUT2D eigenvalue weighted by Crippen LogP contribution is -2.32. The van der Waals surface area contributed by atoms with Crippen molar-refractivity contribution in [3.8, 4) is 0 Å². The molecule has 1 fully saturated rings. The Morgan fingerprint density at radius 1 is 1.32 bits per heavy atom. The summed E-state index contributed by atoms with van der Waals surface area (Å²) in [5, 5.41) is 0. The Kier molecular flexibility index (Phi) is 5.21. The number of hydrogen-bond acceptors (Lipinski definition) is 4. The molecule has 0 atom stereocenters. The van der Waals surface area contributed by atoms with Crippen LogP contribution in [0.4, 0.5) is 5.82 Å². The molecular weight excluding hydrogens is 406 g/mol. The zero-order chi connectivity index (χ0) is 18.0. The summed E-state index contributed by atoms with van der Waals surface area (Å²) in [6.45, 7) is 2.27. The number of carbonyl (C=O) groups is 1. The van der Waals surface area contributed by atoms with Crippen LogP contribution in [0.1, 0.15) is 30.1 Å². The Balaban J connectivity index is 1.88. The number of benzene rings is 1. The summed E-state index contributed by atoms with van der Waals surface area (Å²) in [4.78, 5) is 18.7. The number of amides is 1. The van der Waals surface area contributed by atoms with Crippen LogP contribution in [0.5, 0.6) is 0 Å². The second-order valence-corrected chi connectivity index (χ2v) is 8.44. The first-order valence-corrected chi connectivity index (χ1v) is 10.2. The second kappa shape index (κ2) is 7.23. The highest BCUT2D eigenvalue weighted by molar-refractivity contribution is 9.10. The molecule has 0 unspecified atom stereocenters. The van der Waals surface area contributed by atoms with Gasteiger partial charge in [-0.3, -0.25) is 9.69 Å². The Labute approximate surface area is 155 Å². The fourth-order valence-corrected chi connectivity index (χ4v) is 3.96. The van der Waals surface area contributed by atoms with Crippen molar-refractivity contribution in [2.24, 2.45) is 0 Å². The first-order chi connectivity index (χ1) is 11.9. The third-order valence-corrected chi connectivity index (χ3v) is 5.83. The average molecular weight is 424 g/mol. The van der Waals surface area contributed by atoms with Crippen molar-refractivity contribution in [1.82, 2.24) is 9.71 Å². The van der Waals surface area contributed by atoms with E-state index in [1.54, 1.807) is 30.5 Å².